The van der Waals surface area contributed by atoms with Crippen LogP contribution >= 0.6 is 0 Å². The van der Waals surface area contributed by atoms with Crippen LogP contribution in [0.4, 0.5) is 0 Å². The minimum atomic E-state index is 0.0394. The summed E-state index contributed by atoms with van der Waals surface area (Å²) in [6.45, 7) is 1.57. The number of benzene rings is 1. The average molecular weight is 314 g/mol. The molecule has 0 aliphatic rings. The van der Waals surface area contributed by atoms with E-state index in [1.165, 1.54) is 0 Å². The van der Waals surface area contributed by atoms with Crippen LogP contribution < -0.4 is 10.1 Å². The number of amides is 1. The van der Waals surface area contributed by atoms with Gasteiger partial charge in [-0.15, -0.1) is 0 Å². The summed E-state index contributed by atoms with van der Waals surface area (Å²) in [5.74, 6) is 0.823. The minimum Gasteiger partial charge on any atom is -0.487 e. The average Bonchev–Trinajstić information content (AvgIpc) is 2.60. The molecule has 23 heavy (non-hydrogen) atoms. The van der Waals surface area contributed by atoms with Gasteiger partial charge in [-0.25, -0.2) is 0 Å². The number of rotatable bonds is 9. The Bertz CT molecular complexity index is 585. The summed E-state index contributed by atoms with van der Waals surface area (Å²) in [7, 11) is 1.63. The van der Waals surface area contributed by atoms with Crippen molar-refractivity contribution in [1.29, 1.82) is 0 Å². The molecule has 5 heteroatoms. The fourth-order valence-electron chi connectivity index (χ4n) is 2.01. The SMILES string of the molecule is COCCCC(=O)NCc1ccc(OCc2ccccn2)cc1. The fraction of sp³-hybridized carbons (Fsp3) is 0.333. The molecule has 1 N–H and O–H groups in total. The predicted molar refractivity (Wildman–Crippen MR) is 88.0 cm³/mol. The molecular formula is C18H22N2O3. The molecule has 1 amide bonds. The number of hydrogen-bond acceptors (Lipinski definition) is 4. The molecule has 1 aromatic heterocycles. The largest absolute Gasteiger partial charge is 0.487 e. The van der Waals surface area contributed by atoms with Crippen LogP contribution in [0.25, 0.3) is 0 Å². The normalized spacial score (nSPS) is 10.3. The van der Waals surface area contributed by atoms with Crippen LogP contribution in [0.2, 0.25) is 0 Å². The zero-order chi connectivity index (χ0) is 16.3. The number of nitrogens with one attached hydrogen (secondary N) is 1. The lowest BCUT2D eigenvalue weighted by Gasteiger charge is -2.08. The molecule has 1 aromatic carbocycles. The van der Waals surface area contributed by atoms with E-state index >= 15 is 0 Å². The highest BCUT2D eigenvalue weighted by Crippen LogP contribution is 2.13. The maximum Gasteiger partial charge on any atom is 0.220 e. The van der Waals surface area contributed by atoms with Crippen molar-refractivity contribution in [2.24, 2.45) is 0 Å². The van der Waals surface area contributed by atoms with Gasteiger partial charge in [-0.1, -0.05) is 18.2 Å². The van der Waals surface area contributed by atoms with Crippen molar-refractivity contribution in [3.8, 4) is 5.75 Å². The van der Waals surface area contributed by atoms with Crippen molar-refractivity contribution in [1.82, 2.24) is 10.3 Å². The van der Waals surface area contributed by atoms with E-state index in [9.17, 15) is 4.79 Å². The molecule has 2 aromatic rings. The Morgan fingerprint density at radius 2 is 2.00 bits per heavy atom. The smallest absolute Gasteiger partial charge is 0.220 e. The third-order valence-corrected chi connectivity index (χ3v) is 3.28. The molecule has 0 atom stereocenters. The first kappa shape index (κ1) is 17.0. The topological polar surface area (TPSA) is 60.5 Å². The number of aromatic nitrogens is 1. The molecule has 2 rings (SSSR count). The van der Waals surface area contributed by atoms with Crippen LogP contribution in [0, 0.1) is 0 Å². The van der Waals surface area contributed by atoms with E-state index in [4.69, 9.17) is 9.47 Å². The molecule has 5 nitrogen and oxygen atoms in total. The van der Waals surface area contributed by atoms with Crippen molar-refractivity contribution in [3.63, 3.8) is 0 Å². The third-order valence-electron chi connectivity index (χ3n) is 3.28. The molecule has 0 saturated carbocycles. The van der Waals surface area contributed by atoms with Crippen LogP contribution in [0.5, 0.6) is 5.75 Å². The summed E-state index contributed by atoms with van der Waals surface area (Å²) in [5, 5.41) is 2.89. The van der Waals surface area contributed by atoms with E-state index in [-0.39, 0.29) is 5.91 Å². The van der Waals surface area contributed by atoms with Gasteiger partial charge in [0, 0.05) is 32.9 Å². The Hall–Kier alpha value is -2.40. The lowest BCUT2D eigenvalue weighted by Crippen LogP contribution is -2.22. The molecule has 0 spiro atoms. The van der Waals surface area contributed by atoms with Crippen molar-refractivity contribution in [3.05, 3.63) is 59.9 Å². The first-order valence-corrected chi connectivity index (χ1v) is 7.65. The fourth-order valence-corrected chi connectivity index (χ4v) is 2.01. The molecule has 1 heterocycles. The third kappa shape index (κ3) is 6.48. The molecule has 0 aliphatic carbocycles. The highest BCUT2D eigenvalue weighted by molar-refractivity contribution is 5.75. The quantitative estimate of drug-likeness (QED) is 0.723. The molecule has 0 saturated heterocycles. The second-order valence-electron chi connectivity index (χ2n) is 5.13. The van der Waals surface area contributed by atoms with E-state index in [1.807, 2.05) is 42.5 Å². The Kier molecular flexibility index (Phi) is 7.07. The minimum absolute atomic E-state index is 0.0394. The van der Waals surface area contributed by atoms with Crippen LogP contribution in [0.3, 0.4) is 0 Å². The first-order chi connectivity index (χ1) is 11.3. The number of methoxy groups -OCH3 is 1. The number of ether oxygens (including phenoxy) is 2. The standard InChI is InChI=1S/C18H22N2O3/c1-22-12-4-6-18(21)20-13-15-7-9-17(10-8-15)23-14-16-5-2-3-11-19-16/h2-3,5,7-11H,4,6,12-14H2,1H3,(H,20,21). The first-order valence-electron chi connectivity index (χ1n) is 7.65. The lowest BCUT2D eigenvalue weighted by atomic mass is 10.2. The van der Waals surface area contributed by atoms with Crippen molar-refractivity contribution in [2.45, 2.75) is 26.0 Å². The zero-order valence-corrected chi connectivity index (χ0v) is 13.3. The van der Waals surface area contributed by atoms with Gasteiger partial charge in [0.2, 0.25) is 5.91 Å². The van der Waals surface area contributed by atoms with Gasteiger partial charge in [0.15, 0.2) is 0 Å². The Labute approximate surface area is 136 Å². The molecule has 0 unspecified atom stereocenters. The molecule has 122 valence electrons. The van der Waals surface area contributed by atoms with E-state index in [0.717, 1.165) is 23.4 Å². The number of carbonyl (C=O) groups is 1. The Balaban J connectivity index is 1.72. The van der Waals surface area contributed by atoms with Crippen molar-refractivity contribution >= 4 is 5.91 Å². The second kappa shape index (κ2) is 9.58. The Morgan fingerprint density at radius 3 is 2.70 bits per heavy atom. The lowest BCUT2D eigenvalue weighted by molar-refractivity contribution is -0.121. The van der Waals surface area contributed by atoms with E-state index in [0.29, 0.717) is 26.2 Å². The summed E-state index contributed by atoms with van der Waals surface area (Å²) >= 11 is 0. The maximum atomic E-state index is 11.6. The van der Waals surface area contributed by atoms with Crippen LogP contribution in [-0.2, 0) is 22.7 Å². The molecule has 0 fully saturated rings. The zero-order valence-electron chi connectivity index (χ0n) is 13.3. The molecule has 0 radical (unpaired) electrons. The Morgan fingerprint density at radius 1 is 1.17 bits per heavy atom. The predicted octanol–water partition coefficient (Wildman–Crippen LogP) is 2.70. The van der Waals surface area contributed by atoms with E-state index in [1.54, 1.807) is 13.3 Å². The molecular weight excluding hydrogens is 292 g/mol. The summed E-state index contributed by atoms with van der Waals surface area (Å²) in [6.07, 6.45) is 2.97. The number of carbonyl (C=O) groups excluding carboxylic acids is 1. The van der Waals surface area contributed by atoms with E-state index in [2.05, 4.69) is 10.3 Å². The van der Waals surface area contributed by atoms with Gasteiger partial charge >= 0.3 is 0 Å². The summed E-state index contributed by atoms with van der Waals surface area (Å²) in [5.41, 5.74) is 1.93. The van der Waals surface area contributed by atoms with Gasteiger partial charge in [-0.05, 0) is 36.2 Å². The van der Waals surface area contributed by atoms with Crippen LogP contribution in [-0.4, -0.2) is 24.6 Å². The van der Waals surface area contributed by atoms with Crippen molar-refractivity contribution in [2.75, 3.05) is 13.7 Å². The number of hydrogen-bond donors (Lipinski definition) is 1. The highest BCUT2D eigenvalue weighted by Gasteiger charge is 2.02. The summed E-state index contributed by atoms with van der Waals surface area (Å²) < 4.78 is 10.6. The van der Waals surface area contributed by atoms with Crippen molar-refractivity contribution < 1.29 is 14.3 Å². The maximum absolute atomic E-state index is 11.6. The highest BCUT2D eigenvalue weighted by atomic mass is 16.5. The van der Waals surface area contributed by atoms with Gasteiger partial charge in [0.25, 0.3) is 0 Å². The van der Waals surface area contributed by atoms with Gasteiger partial charge in [-0.2, -0.15) is 0 Å². The van der Waals surface area contributed by atoms with Crippen LogP contribution in [0.15, 0.2) is 48.7 Å². The molecule has 0 bridgehead atoms. The van der Waals surface area contributed by atoms with Crippen LogP contribution in [0.1, 0.15) is 24.1 Å². The monoisotopic (exact) mass is 314 g/mol. The summed E-state index contributed by atoms with van der Waals surface area (Å²) in [6, 6.07) is 13.4. The second-order valence-corrected chi connectivity index (χ2v) is 5.13. The summed E-state index contributed by atoms with van der Waals surface area (Å²) in [4.78, 5) is 15.8. The van der Waals surface area contributed by atoms with E-state index < -0.39 is 0 Å². The number of nitrogens with zero attached hydrogens (tertiary/aromatic N) is 1. The van der Waals surface area contributed by atoms with Gasteiger partial charge in [0.05, 0.1) is 5.69 Å². The number of pyridine rings is 1. The van der Waals surface area contributed by atoms with Gasteiger partial charge in [0.1, 0.15) is 12.4 Å². The van der Waals surface area contributed by atoms with Gasteiger partial charge in [-0.3, -0.25) is 9.78 Å². The molecule has 0 aliphatic heterocycles. The van der Waals surface area contributed by atoms with Gasteiger partial charge < -0.3 is 14.8 Å².